The molecule has 91 valence electrons. The van der Waals surface area contributed by atoms with Gasteiger partial charge in [0.05, 0.1) is 0 Å². The van der Waals surface area contributed by atoms with E-state index in [2.05, 4.69) is 24.5 Å². The van der Waals surface area contributed by atoms with Gasteiger partial charge in [0.15, 0.2) is 0 Å². The van der Waals surface area contributed by atoms with E-state index in [-0.39, 0.29) is 38.5 Å². The molecule has 1 aliphatic rings. The van der Waals surface area contributed by atoms with Gasteiger partial charge in [0.2, 0.25) is 0 Å². The third kappa shape index (κ3) is 2.99. The van der Waals surface area contributed by atoms with E-state index in [9.17, 15) is 4.39 Å². The summed E-state index contributed by atoms with van der Waals surface area (Å²) in [7, 11) is 0. The van der Waals surface area contributed by atoms with Gasteiger partial charge in [-0.05, 0) is 24.8 Å². The number of allylic oxidation sites excluding steroid dienone is 3. The first-order valence-electron chi connectivity index (χ1n) is 5.66. The fraction of sp³-hybridized carbons (Fsp3) is 0.200. The van der Waals surface area contributed by atoms with Gasteiger partial charge in [-0.15, -0.1) is 12.1 Å². The zero-order valence-electron chi connectivity index (χ0n) is 10.7. The number of rotatable bonds is 2. The predicted molar refractivity (Wildman–Crippen MR) is 68.4 cm³/mol. The van der Waals surface area contributed by atoms with Crippen LogP contribution in [0.1, 0.15) is 18.1 Å². The van der Waals surface area contributed by atoms with Crippen molar-refractivity contribution >= 4 is 5.70 Å². The summed E-state index contributed by atoms with van der Waals surface area (Å²) in [4.78, 5) is 2.07. The molecule has 18 heavy (non-hydrogen) atoms. The van der Waals surface area contributed by atoms with E-state index < -0.39 is 0 Å². The van der Waals surface area contributed by atoms with Crippen LogP contribution in [0.4, 0.5) is 4.39 Å². The number of benzene rings is 1. The van der Waals surface area contributed by atoms with E-state index in [1.54, 1.807) is 12.1 Å². The zero-order chi connectivity index (χ0) is 12.4. The molecule has 0 atom stereocenters. The number of hydrogen-bond acceptors (Lipinski definition) is 1. The Morgan fingerprint density at radius 2 is 2.11 bits per heavy atom. The molecule has 1 nitrogen and oxygen atoms in total. The van der Waals surface area contributed by atoms with Crippen LogP contribution in [-0.2, 0) is 32.7 Å². The van der Waals surface area contributed by atoms with E-state index in [4.69, 9.17) is 0 Å². The van der Waals surface area contributed by atoms with E-state index in [0.29, 0.717) is 0 Å². The van der Waals surface area contributed by atoms with E-state index in [0.717, 1.165) is 29.1 Å². The second kappa shape index (κ2) is 6.44. The van der Waals surface area contributed by atoms with E-state index >= 15 is 0 Å². The van der Waals surface area contributed by atoms with Gasteiger partial charge in [-0.2, -0.15) is 12.2 Å². The largest absolute Gasteiger partial charge is 0.376 e. The molecule has 2 rings (SSSR count). The van der Waals surface area contributed by atoms with Crippen molar-refractivity contribution in [3.8, 4) is 0 Å². The normalized spacial score (nSPS) is 14.3. The van der Waals surface area contributed by atoms with Gasteiger partial charge in [-0.3, -0.25) is 0 Å². The molecule has 1 radical (unpaired) electrons. The van der Waals surface area contributed by atoms with Crippen molar-refractivity contribution in [2.75, 3.05) is 6.54 Å². The van der Waals surface area contributed by atoms with Gasteiger partial charge in [0.1, 0.15) is 5.82 Å². The van der Waals surface area contributed by atoms with Crippen molar-refractivity contribution in [1.82, 2.24) is 4.90 Å². The van der Waals surface area contributed by atoms with E-state index in [1.807, 2.05) is 19.1 Å². The van der Waals surface area contributed by atoms with Crippen molar-refractivity contribution in [2.45, 2.75) is 13.8 Å². The topological polar surface area (TPSA) is 3.24 Å². The van der Waals surface area contributed by atoms with Crippen molar-refractivity contribution in [3.05, 3.63) is 65.6 Å². The van der Waals surface area contributed by atoms with Crippen LogP contribution >= 0.6 is 0 Å². The summed E-state index contributed by atoms with van der Waals surface area (Å²) < 4.78 is 13.1. The Morgan fingerprint density at radius 3 is 2.72 bits per heavy atom. The van der Waals surface area contributed by atoms with Gasteiger partial charge in [-0.25, -0.2) is 4.39 Å². The number of likely N-dealkylation sites (N-methyl/N-ethyl adjacent to an activating group) is 1. The third-order valence-electron chi connectivity index (χ3n) is 2.87. The molecule has 0 aromatic heterocycles. The summed E-state index contributed by atoms with van der Waals surface area (Å²) in [6.07, 6.45) is 6.98. The van der Waals surface area contributed by atoms with Crippen LogP contribution in [-0.4, -0.2) is 11.4 Å². The smallest absolute Gasteiger partial charge is 0.121 e. The molecule has 1 heterocycles. The number of aryl methyl sites for hydroxylation is 1. The number of halogens is 1. The average molecular weight is 317 g/mol. The van der Waals surface area contributed by atoms with Crippen LogP contribution in [0.5, 0.6) is 0 Å². The molecule has 1 aliphatic heterocycles. The Bertz CT molecular complexity index is 517. The Morgan fingerprint density at radius 1 is 1.39 bits per heavy atom. The third-order valence-corrected chi connectivity index (χ3v) is 2.87. The number of nitrogens with zero attached hydrogens (tertiary/aromatic N) is 1. The fourth-order valence-electron chi connectivity index (χ4n) is 2.01. The van der Waals surface area contributed by atoms with Crippen LogP contribution in [0.25, 0.3) is 5.70 Å². The quantitative estimate of drug-likeness (QED) is 0.752. The summed E-state index contributed by atoms with van der Waals surface area (Å²) in [6, 6.07) is 4.81. The van der Waals surface area contributed by atoms with Gasteiger partial charge < -0.3 is 4.90 Å². The molecule has 3 heteroatoms. The van der Waals surface area contributed by atoms with Crippen LogP contribution in [0.3, 0.4) is 0 Å². The SMILES string of the molecule is C=C1C=C[C-]=C(c2ccc(F)cc2C)N1CC.[Y]. The zero-order valence-corrected chi connectivity index (χ0v) is 13.5. The Labute approximate surface area is 133 Å². The first kappa shape index (κ1) is 15.3. The first-order chi connectivity index (χ1) is 8.13. The van der Waals surface area contributed by atoms with Crippen LogP contribution in [0, 0.1) is 18.8 Å². The maximum atomic E-state index is 13.1. The molecule has 0 unspecified atom stereocenters. The van der Waals surface area contributed by atoms with E-state index in [1.165, 1.54) is 6.07 Å². The molecular weight excluding hydrogens is 302 g/mol. The van der Waals surface area contributed by atoms with Gasteiger partial charge in [0, 0.05) is 39.3 Å². The van der Waals surface area contributed by atoms with Gasteiger partial charge in [-0.1, -0.05) is 30.3 Å². The molecule has 0 fully saturated rings. The summed E-state index contributed by atoms with van der Waals surface area (Å²) in [5.74, 6) is -0.208. The number of hydrogen-bond donors (Lipinski definition) is 0. The van der Waals surface area contributed by atoms with Crippen molar-refractivity contribution in [1.29, 1.82) is 0 Å². The van der Waals surface area contributed by atoms with Gasteiger partial charge >= 0.3 is 0 Å². The Kier molecular flexibility index (Phi) is 5.49. The molecule has 0 bridgehead atoms. The maximum Gasteiger partial charge on any atom is 0.121 e. The van der Waals surface area contributed by atoms with Crippen LogP contribution in [0.2, 0.25) is 0 Å². The molecule has 0 spiro atoms. The standard InChI is InChI=1S/C15H15FN.Y/c1-4-17-12(3)6-5-7-15(17)14-9-8-13(16)10-11(14)2;/h5-6,8-10H,3-4H2,1-2H3;/q-1;. The molecule has 0 aliphatic carbocycles. The Hall–Kier alpha value is -0.726. The summed E-state index contributed by atoms with van der Waals surface area (Å²) >= 11 is 0. The summed E-state index contributed by atoms with van der Waals surface area (Å²) in [6.45, 7) is 8.78. The first-order valence-corrected chi connectivity index (χ1v) is 5.66. The van der Waals surface area contributed by atoms with Crippen molar-refractivity contribution in [3.63, 3.8) is 0 Å². The Balaban J connectivity index is 0.00000162. The molecule has 1 aromatic rings. The molecule has 0 N–H and O–H groups in total. The average Bonchev–Trinajstić information content (AvgIpc) is 2.29. The predicted octanol–water partition coefficient (Wildman–Crippen LogP) is 3.68. The molecule has 0 saturated heterocycles. The molecule has 0 saturated carbocycles. The maximum absolute atomic E-state index is 13.1. The minimum atomic E-state index is -0.208. The fourth-order valence-corrected chi connectivity index (χ4v) is 2.01. The van der Waals surface area contributed by atoms with Gasteiger partial charge in [0.25, 0.3) is 0 Å². The molecular formula is C15H15FNY-. The van der Waals surface area contributed by atoms with Crippen molar-refractivity contribution < 1.29 is 37.1 Å². The molecule has 1 aromatic carbocycles. The second-order valence-electron chi connectivity index (χ2n) is 4.02. The van der Waals surface area contributed by atoms with Crippen molar-refractivity contribution in [2.24, 2.45) is 0 Å². The van der Waals surface area contributed by atoms with Crippen LogP contribution < -0.4 is 0 Å². The minimum absolute atomic E-state index is 0. The van der Waals surface area contributed by atoms with Crippen LogP contribution in [0.15, 0.2) is 42.6 Å². The minimum Gasteiger partial charge on any atom is -0.376 e. The second-order valence-corrected chi connectivity index (χ2v) is 4.02. The summed E-state index contributed by atoms with van der Waals surface area (Å²) in [5, 5.41) is 0. The molecule has 0 amide bonds. The monoisotopic (exact) mass is 317 g/mol. The summed E-state index contributed by atoms with van der Waals surface area (Å²) in [5.41, 5.74) is 3.80.